The SMILES string of the molecule is O=S(=O)(Nc1cccc(NS(=O)(=O)c2cccc3cccnc23)c1)c1ccc(I)cc1. The molecule has 31 heavy (non-hydrogen) atoms. The summed E-state index contributed by atoms with van der Waals surface area (Å²) in [7, 11) is -7.76. The summed E-state index contributed by atoms with van der Waals surface area (Å²) < 4.78 is 57.1. The van der Waals surface area contributed by atoms with Gasteiger partial charge in [-0.05, 0) is 77.2 Å². The van der Waals surface area contributed by atoms with E-state index in [1.54, 1.807) is 54.6 Å². The lowest BCUT2D eigenvalue weighted by Crippen LogP contribution is -2.15. The van der Waals surface area contributed by atoms with Crippen LogP contribution in [0.2, 0.25) is 0 Å². The second kappa shape index (κ2) is 8.44. The van der Waals surface area contributed by atoms with E-state index < -0.39 is 20.0 Å². The van der Waals surface area contributed by atoms with Crippen molar-refractivity contribution in [2.45, 2.75) is 9.79 Å². The Bertz CT molecular complexity index is 1470. The Morgan fingerprint density at radius 3 is 2.03 bits per heavy atom. The van der Waals surface area contributed by atoms with E-state index in [0.29, 0.717) is 10.9 Å². The predicted octanol–water partition coefficient (Wildman–Crippen LogP) is 4.44. The maximum atomic E-state index is 13.0. The molecular weight excluding hydrogens is 549 g/mol. The largest absolute Gasteiger partial charge is 0.280 e. The molecule has 0 saturated heterocycles. The number of para-hydroxylation sites is 1. The van der Waals surface area contributed by atoms with Gasteiger partial charge in [0.05, 0.1) is 21.8 Å². The molecule has 1 heterocycles. The Hall–Kier alpha value is -2.70. The molecule has 4 rings (SSSR count). The van der Waals surface area contributed by atoms with Gasteiger partial charge in [-0.25, -0.2) is 16.8 Å². The Labute approximate surface area is 193 Å². The van der Waals surface area contributed by atoms with Crippen molar-refractivity contribution in [3.63, 3.8) is 0 Å². The number of nitrogens with zero attached hydrogens (tertiary/aromatic N) is 1. The van der Waals surface area contributed by atoms with Crippen LogP contribution in [0.4, 0.5) is 11.4 Å². The molecule has 2 N–H and O–H groups in total. The summed E-state index contributed by atoms with van der Waals surface area (Å²) in [6, 6.07) is 20.9. The summed E-state index contributed by atoms with van der Waals surface area (Å²) in [5, 5.41) is 0.699. The molecule has 0 aliphatic heterocycles. The van der Waals surface area contributed by atoms with E-state index in [1.165, 1.54) is 30.5 Å². The van der Waals surface area contributed by atoms with Crippen molar-refractivity contribution < 1.29 is 16.8 Å². The minimum Gasteiger partial charge on any atom is -0.280 e. The monoisotopic (exact) mass is 565 g/mol. The van der Waals surface area contributed by atoms with Gasteiger partial charge in [-0.15, -0.1) is 0 Å². The molecule has 0 radical (unpaired) electrons. The van der Waals surface area contributed by atoms with Gasteiger partial charge in [0, 0.05) is 15.2 Å². The highest BCUT2D eigenvalue weighted by Crippen LogP contribution is 2.25. The van der Waals surface area contributed by atoms with Crippen molar-refractivity contribution in [2.75, 3.05) is 9.44 Å². The van der Waals surface area contributed by atoms with E-state index in [9.17, 15) is 16.8 Å². The molecule has 10 heteroatoms. The molecule has 0 aliphatic rings. The second-order valence-corrected chi connectivity index (χ2v) is 11.2. The number of aromatic nitrogens is 1. The van der Waals surface area contributed by atoms with Gasteiger partial charge in [-0.2, -0.15) is 0 Å². The number of halogens is 1. The number of hydrogen-bond donors (Lipinski definition) is 2. The molecule has 0 aliphatic carbocycles. The molecular formula is C21H16IN3O4S2. The lowest BCUT2D eigenvalue weighted by Gasteiger charge is -2.12. The van der Waals surface area contributed by atoms with Gasteiger partial charge < -0.3 is 0 Å². The van der Waals surface area contributed by atoms with Crippen molar-refractivity contribution in [3.05, 3.63) is 88.6 Å². The molecule has 7 nitrogen and oxygen atoms in total. The highest BCUT2D eigenvalue weighted by atomic mass is 127. The van der Waals surface area contributed by atoms with E-state index in [2.05, 4.69) is 37.0 Å². The molecule has 0 spiro atoms. The van der Waals surface area contributed by atoms with Gasteiger partial charge in [-0.3, -0.25) is 14.4 Å². The maximum absolute atomic E-state index is 13.0. The van der Waals surface area contributed by atoms with E-state index >= 15 is 0 Å². The molecule has 0 atom stereocenters. The van der Waals surface area contributed by atoms with Crippen LogP contribution in [-0.2, 0) is 20.0 Å². The number of nitrogens with one attached hydrogen (secondary N) is 2. The van der Waals surface area contributed by atoms with Crippen LogP contribution < -0.4 is 9.44 Å². The first-order chi connectivity index (χ1) is 14.7. The molecule has 0 amide bonds. The second-order valence-electron chi connectivity index (χ2n) is 6.58. The maximum Gasteiger partial charge on any atom is 0.264 e. The average Bonchev–Trinajstić information content (AvgIpc) is 2.73. The fraction of sp³-hybridized carbons (Fsp3) is 0. The van der Waals surface area contributed by atoms with Crippen molar-refractivity contribution in [3.8, 4) is 0 Å². The molecule has 0 bridgehead atoms. The predicted molar refractivity (Wildman–Crippen MR) is 129 cm³/mol. The summed E-state index contributed by atoms with van der Waals surface area (Å²) in [5.74, 6) is 0. The van der Waals surface area contributed by atoms with Crippen LogP contribution >= 0.6 is 22.6 Å². The number of benzene rings is 3. The third-order valence-corrected chi connectivity index (χ3v) is 7.91. The van der Waals surface area contributed by atoms with Crippen molar-refractivity contribution in [1.29, 1.82) is 0 Å². The zero-order valence-electron chi connectivity index (χ0n) is 15.9. The fourth-order valence-electron chi connectivity index (χ4n) is 2.98. The lowest BCUT2D eigenvalue weighted by molar-refractivity contribution is 0.600. The van der Waals surface area contributed by atoms with Gasteiger partial charge >= 0.3 is 0 Å². The van der Waals surface area contributed by atoms with Crippen molar-refractivity contribution >= 4 is 64.9 Å². The standard InChI is InChI=1S/C21H16IN3O4S2/c22-16-9-11-19(12-10-16)30(26,27)24-17-6-2-7-18(14-17)25-31(28,29)20-8-1-4-15-5-3-13-23-21(15)20/h1-14,24-25H. The Morgan fingerprint density at radius 1 is 0.710 bits per heavy atom. The minimum atomic E-state index is -3.95. The third kappa shape index (κ3) is 4.81. The fourth-order valence-corrected chi connectivity index (χ4v) is 5.62. The van der Waals surface area contributed by atoms with E-state index in [0.717, 1.165) is 3.57 Å². The normalized spacial score (nSPS) is 11.9. The van der Waals surface area contributed by atoms with Gasteiger partial charge in [0.2, 0.25) is 0 Å². The van der Waals surface area contributed by atoms with Gasteiger partial charge in [-0.1, -0.05) is 24.3 Å². The third-order valence-electron chi connectivity index (χ3n) is 4.38. The number of sulfonamides is 2. The molecule has 0 unspecified atom stereocenters. The Morgan fingerprint density at radius 2 is 1.32 bits per heavy atom. The van der Waals surface area contributed by atoms with Gasteiger partial charge in [0.15, 0.2) is 0 Å². The topological polar surface area (TPSA) is 105 Å². The molecule has 3 aromatic carbocycles. The number of rotatable bonds is 6. The van der Waals surface area contributed by atoms with Crippen LogP contribution in [0, 0.1) is 3.57 Å². The molecule has 0 fully saturated rings. The Balaban J connectivity index is 1.62. The van der Waals surface area contributed by atoms with Crippen LogP contribution in [0.5, 0.6) is 0 Å². The molecule has 1 aromatic heterocycles. The summed E-state index contributed by atoms with van der Waals surface area (Å²) in [5.41, 5.74) is 0.804. The minimum absolute atomic E-state index is 0.0375. The number of pyridine rings is 1. The van der Waals surface area contributed by atoms with Gasteiger partial charge in [0.25, 0.3) is 20.0 Å². The first-order valence-electron chi connectivity index (χ1n) is 9.00. The summed E-state index contributed by atoms with van der Waals surface area (Å²) in [4.78, 5) is 4.33. The van der Waals surface area contributed by atoms with Gasteiger partial charge in [0.1, 0.15) is 4.90 Å². The first kappa shape index (κ1) is 21.5. The van der Waals surface area contributed by atoms with E-state index in [4.69, 9.17) is 0 Å². The van der Waals surface area contributed by atoms with Crippen LogP contribution in [0.3, 0.4) is 0 Å². The number of fused-ring (bicyclic) bond motifs is 1. The average molecular weight is 565 g/mol. The molecule has 0 saturated carbocycles. The van der Waals surface area contributed by atoms with Crippen LogP contribution in [-0.4, -0.2) is 21.8 Å². The summed E-state index contributed by atoms with van der Waals surface area (Å²) in [6.07, 6.45) is 1.53. The zero-order valence-corrected chi connectivity index (χ0v) is 19.6. The molecule has 158 valence electrons. The highest BCUT2D eigenvalue weighted by molar-refractivity contribution is 14.1. The van der Waals surface area contributed by atoms with Crippen LogP contribution in [0.25, 0.3) is 10.9 Å². The Kier molecular flexibility index (Phi) is 5.86. The summed E-state index contributed by atoms with van der Waals surface area (Å²) >= 11 is 2.09. The quantitative estimate of drug-likeness (QED) is 0.337. The highest BCUT2D eigenvalue weighted by Gasteiger charge is 2.19. The van der Waals surface area contributed by atoms with E-state index in [1.807, 2.05) is 0 Å². The van der Waals surface area contributed by atoms with E-state index in [-0.39, 0.29) is 21.2 Å². The zero-order chi connectivity index (χ0) is 22.1. The van der Waals surface area contributed by atoms with Crippen molar-refractivity contribution in [1.82, 2.24) is 4.98 Å². The number of anilines is 2. The molecule has 4 aromatic rings. The van der Waals surface area contributed by atoms with Crippen LogP contribution in [0.1, 0.15) is 0 Å². The smallest absolute Gasteiger partial charge is 0.264 e. The van der Waals surface area contributed by atoms with Crippen molar-refractivity contribution in [2.24, 2.45) is 0 Å². The lowest BCUT2D eigenvalue weighted by atomic mass is 10.2. The first-order valence-corrected chi connectivity index (χ1v) is 13.0. The summed E-state index contributed by atoms with van der Waals surface area (Å²) in [6.45, 7) is 0. The van der Waals surface area contributed by atoms with Crippen LogP contribution in [0.15, 0.2) is 94.9 Å². The number of hydrogen-bond acceptors (Lipinski definition) is 5.